The average molecular weight is 548 g/mol. The Morgan fingerprint density at radius 2 is 1.65 bits per heavy atom. The molecule has 0 atom stereocenters. The predicted molar refractivity (Wildman–Crippen MR) is 151 cm³/mol. The lowest BCUT2D eigenvalue weighted by molar-refractivity contribution is -0.114. The summed E-state index contributed by atoms with van der Waals surface area (Å²) >= 11 is 7.93. The highest BCUT2D eigenvalue weighted by Crippen LogP contribution is 2.32. The number of thiazole rings is 1. The summed E-state index contributed by atoms with van der Waals surface area (Å²) in [7, 11) is -4.04. The summed E-state index contributed by atoms with van der Waals surface area (Å²) in [5, 5.41) is 3.91. The number of anilines is 2. The lowest BCUT2D eigenvalue weighted by Gasteiger charge is -2.25. The van der Waals surface area contributed by atoms with E-state index in [4.69, 9.17) is 16.6 Å². The Morgan fingerprint density at radius 1 is 0.946 bits per heavy atom. The van der Waals surface area contributed by atoms with Crippen molar-refractivity contribution in [1.29, 1.82) is 0 Å². The zero-order chi connectivity index (χ0) is 26.0. The van der Waals surface area contributed by atoms with Crippen molar-refractivity contribution < 1.29 is 13.2 Å². The van der Waals surface area contributed by atoms with E-state index in [-0.39, 0.29) is 15.6 Å². The van der Waals surface area contributed by atoms with Gasteiger partial charge in [-0.05, 0) is 73.2 Å². The summed E-state index contributed by atoms with van der Waals surface area (Å²) in [6.45, 7) is 1.61. The molecule has 0 unspecified atom stereocenters. The smallest absolute Gasteiger partial charge is 0.264 e. The third kappa shape index (κ3) is 5.36. The maximum Gasteiger partial charge on any atom is 0.264 e. The number of rotatable bonds is 7. The molecule has 5 rings (SSSR count). The molecule has 9 heteroatoms. The van der Waals surface area contributed by atoms with Crippen molar-refractivity contribution >= 4 is 60.5 Å². The van der Waals surface area contributed by atoms with E-state index in [9.17, 15) is 13.2 Å². The second-order valence-corrected chi connectivity index (χ2v) is 11.7. The SMILES string of the molecule is Cc1ccc2nc(-c3ccc(NC(=O)CN(c4ccccc4Cl)S(=O)(=O)c4ccccc4)cc3)sc2c1. The van der Waals surface area contributed by atoms with E-state index in [1.807, 2.05) is 31.2 Å². The molecule has 5 aromatic rings. The first-order chi connectivity index (χ1) is 17.8. The fourth-order valence-corrected chi connectivity index (χ4v) is 6.67. The number of fused-ring (bicyclic) bond motifs is 1. The van der Waals surface area contributed by atoms with Gasteiger partial charge in [-0.1, -0.05) is 48.0 Å². The lowest BCUT2D eigenvalue weighted by atomic mass is 10.2. The van der Waals surface area contributed by atoms with Crippen molar-refractivity contribution in [3.05, 3.63) is 108 Å². The molecule has 6 nitrogen and oxygen atoms in total. The van der Waals surface area contributed by atoms with Crippen LogP contribution in [0.2, 0.25) is 5.02 Å². The highest BCUT2D eigenvalue weighted by molar-refractivity contribution is 7.92. The Hall–Kier alpha value is -3.72. The molecule has 1 N–H and O–H groups in total. The molecule has 1 heterocycles. The number of sulfonamides is 1. The highest BCUT2D eigenvalue weighted by Gasteiger charge is 2.28. The topological polar surface area (TPSA) is 79.4 Å². The average Bonchev–Trinajstić information content (AvgIpc) is 3.32. The number of carbonyl (C=O) groups is 1. The van der Waals surface area contributed by atoms with Gasteiger partial charge in [0.2, 0.25) is 5.91 Å². The number of nitrogens with one attached hydrogen (secondary N) is 1. The van der Waals surface area contributed by atoms with Crippen LogP contribution < -0.4 is 9.62 Å². The van der Waals surface area contributed by atoms with Gasteiger partial charge in [0.05, 0.1) is 25.8 Å². The molecule has 0 spiro atoms. The molecule has 1 amide bonds. The van der Waals surface area contributed by atoms with Crippen molar-refractivity contribution in [1.82, 2.24) is 4.98 Å². The largest absolute Gasteiger partial charge is 0.325 e. The molecule has 4 aromatic carbocycles. The van der Waals surface area contributed by atoms with Crippen molar-refractivity contribution in [3.8, 4) is 10.6 Å². The Bertz CT molecular complexity index is 1690. The normalized spacial score (nSPS) is 11.4. The van der Waals surface area contributed by atoms with E-state index in [0.717, 1.165) is 25.1 Å². The van der Waals surface area contributed by atoms with Crippen LogP contribution in [0.1, 0.15) is 5.56 Å². The minimum atomic E-state index is -4.04. The van der Waals surface area contributed by atoms with Crippen molar-refractivity contribution in [2.45, 2.75) is 11.8 Å². The quantitative estimate of drug-likeness (QED) is 0.244. The third-order valence-corrected chi connectivity index (χ3v) is 8.86. The maximum atomic E-state index is 13.5. The first-order valence-corrected chi connectivity index (χ1v) is 14.0. The van der Waals surface area contributed by atoms with Crippen LogP contribution >= 0.6 is 22.9 Å². The molecule has 0 bridgehead atoms. The summed E-state index contributed by atoms with van der Waals surface area (Å²) in [5.41, 5.74) is 3.83. The zero-order valence-corrected chi connectivity index (χ0v) is 22.1. The van der Waals surface area contributed by atoms with E-state index in [0.29, 0.717) is 5.69 Å². The minimum absolute atomic E-state index is 0.0677. The second kappa shape index (κ2) is 10.3. The van der Waals surface area contributed by atoms with E-state index in [1.54, 1.807) is 65.9 Å². The number of halogens is 1. The van der Waals surface area contributed by atoms with Crippen LogP contribution in [-0.4, -0.2) is 25.9 Å². The zero-order valence-electron chi connectivity index (χ0n) is 19.8. The van der Waals surface area contributed by atoms with E-state index >= 15 is 0 Å². The molecule has 0 fully saturated rings. The molecule has 0 aliphatic carbocycles. The standard InChI is InChI=1S/C28H22ClN3O3S2/c1-19-11-16-24-26(17-19)36-28(31-24)20-12-14-21(15-13-20)30-27(33)18-32(25-10-6-5-9-23(25)29)37(34,35)22-7-3-2-4-8-22/h2-17H,18H2,1H3,(H,30,33). The Kier molecular flexibility index (Phi) is 6.97. The van der Waals surface area contributed by atoms with Gasteiger partial charge in [0.25, 0.3) is 10.0 Å². The van der Waals surface area contributed by atoms with Crippen LogP contribution in [0.25, 0.3) is 20.8 Å². The van der Waals surface area contributed by atoms with Gasteiger partial charge in [0.1, 0.15) is 11.6 Å². The Labute approximate surface area is 224 Å². The first-order valence-electron chi connectivity index (χ1n) is 11.4. The van der Waals surface area contributed by atoms with Crippen LogP contribution in [-0.2, 0) is 14.8 Å². The Morgan fingerprint density at radius 3 is 2.38 bits per heavy atom. The summed E-state index contributed by atoms with van der Waals surface area (Å²) in [6, 6.07) is 28.0. The van der Waals surface area contributed by atoms with Crippen LogP contribution in [0.4, 0.5) is 11.4 Å². The fourth-order valence-electron chi connectivity index (χ4n) is 3.86. The molecule has 186 valence electrons. The van der Waals surface area contributed by atoms with Gasteiger partial charge < -0.3 is 5.32 Å². The molecular formula is C28H22ClN3O3S2. The lowest BCUT2D eigenvalue weighted by Crippen LogP contribution is -2.38. The monoisotopic (exact) mass is 547 g/mol. The first kappa shape index (κ1) is 25.0. The van der Waals surface area contributed by atoms with Gasteiger partial charge in [-0.3, -0.25) is 9.10 Å². The summed E-state index contributed by atoms with van der Waals surface area (Å²) < 4.78 is 29.0. The molecular weight excluding hydrogens is 526 g/mol. The number of nitrogens with zero attached hydrogens (tertiary/aromatic N) is 2. The van der Waals surface area contributed by atoms with Crippen LogP contribution in [0.15, 0.2) is 102 Å². The van der Waals surface area contributed by atoms with Crippen LogP contribution in [0, 0.1) is 6.92 Å². The third-order valence-electron chi connectivity index (χ3n) is 5.70. The molecule has 0 aliphatic rings. The summed E-state index contributed by atoms with van der Waals surface area (Å²) in [6.07, 6.45) is 0. The number of carbonyl (C=O) groups excluding carboxylic acids is 1. The van der Waals surface area contributed by atoms with Gasteiger partial charge in [-0.15, -0.1) is 11.3 Å². The van der Waals surface area contributed by atoms with Crippen LogP contribution in [0.3, 0.4) is 0 Å². The number of aryl methyl sites for hydroxylation is 1. The number of hydrogen-bond donors (Lipinski definition) is 1. The van der Waals surface area contributed by atoms with Gasteiger partial charge in [-0.2, -0.15) is 0 Å². The van der Waals surface area contributed by atoms with Gasteiger partial charge in [-0.25, -0.2) is 13.4 Å². The van der Waals surface area contributed by atoms with E-state index < -0.39 is 22.5 Å². The number of benzene rings is 4. The van der Waals surface area contributed by atoms with Crippen molar-refractivity contribution in [3.63, 3.8) is 0 Å². The second-order valence-electron chi connectivity index (χ2n) is 8.39. The Balaban J connectivity index is 1.37. The van der Waals surface area contributed by atoms with E-state index in [2.05, 4.69) is 11.4 Å². The summed E-state index contributed by atoms with van der Waals surface area (Å²) in [5.74, 6) is -0.498. The molecule has 0 aliphatic heterocycles. The number of amides is 1. The minimum Gasteiger partial charge on any atom is -0.325 e. The van der Waals surface area contributed by atoms with Gasteiger partial charge in [0.15, 0.2) is 0 Å². The number of para-hydroxylation sites is 1. The molecule has 0 saturated heterocycles. The van der Waals surface area contributed by atoms with E-state index in [1.165, 1.54) is 17.7 Å². The van der Waals surface area contributed by atoms with Crippen LogP contribution in [0.5, 0.6) is 0 Å². The van der Waals surface area contributed by atoms with Crippen molar-refractivity contribution in [2.75, 3.05) is 16.2 Å². The van der Waals surface area contributed by atoms with Gasteiger partial charge in [0, 0.05) is 11.3 Å². The molecule has 1 aromatic heterocycles. The summed E-state index contributed by atoms with van der Waals surface area (Å²) in [4.78, 5) is 17.8. The molecule has 0 radical (unpaired) electrons. The highest BCUT2D eigenvalue weighted by atomic mass is 35.5. The maximum absolute atomic E-state index is 13.5. The number of aromatic nitrogens is 1. The molecule has 0 saturated carbocycles. The number of hydrogen-bond acceptors (Lipinski definition) is 5. The molecule has 37 heavy (non-hydrogen) atoms. The van der Waals surface area contributed by atoms with Gasteiger partial charge >= 0.3 is 0 Å². The van der Waals surface area contributed by atoms with Crippen molar-refractivity contribution in [2.24, 2.45) is 0 Å². The predicted octanol–water partition coefficient (Wildman–Crippen LogP) is 6.76. The fraction of sp³-hybridized carbons (Fsp3) is 0.0714.